The molecule has 0 radical (unpaired) electrons. The number of nitrogens with zero attached hydrogens (tertiary/aromatic N) is 8. The molecule has 0 bridgehead atoms. The number of carbonyl (C=O) groups excluding carboxylic acids is 1. The van der Waals surface area contributed by atoms with Crippen LogP contribution in [0.1, 0.15) is 18.9 Å². The van der Waals surface area contributed by atoms with Gasteiger partial charge in [-0.25, -0.2) is 24.5 Å². The third-order valence-electron chi connectivity index (χ3n) is 7.04. The molecule has 1 aliphatic heterocycles. The number of pyridine rings is 2. The number of hydrogen-bond acceptors (Lipinski definition) is 9. The zero-order valence-corrected chi connectivity index (χ0v) is 22.7. The number of hydrogen-bond donors (Lipinski definition) is 1. The molecule has 5 heterocycles. The second-order valence-electron chi connectivity index (χ2n) is 9.99. The third kappa shape index (κ3) is 4.94. The summed E-state index contributed by atoms with van der Waals surface area (Å²) in [6.07, 6.45) is 7.53. The lowest BCUT2D eigenvalue weighted by Gasteiger charge is -2.17. The molecule has 0 saturated carbocycles. The maximum absolute atomic E-state index is 13.2. The summed E-state index contributed by atoms with van der Waals surface area (Å²) < 4.78 is 7.78. The average molecular weight is 536 g/mol. The van der Waals surface area contributed by atoms with Crippen molar-refractivity contribution in [3.63, 3.8) is 0 Å². The normalized spacial score (nSPS) is 15.5. The first-order valence-electron chi connectivity index (χ1n) is 13.0. The minimum absolute atomic E-state index is 0.0127. The highest BCUT2D eigenvalue weighted by molar-refractivity contribution is 6.08. The van der Waals surface area contributed by atoms with Gasteiger partial charge in [-0.2, -0.15) is 5.10 Å². The Balaban J connectivity index is 1.23. The molecule has 1 saturated heterocycles. The van der Waals surface area contributed by atoms with Crippen molar-refractivity contribution < 1.29 is 9.53 Å². The lowest BCUT2D eigenvalue weighted by atomic mass is 10.1. The summed E-state index contributed by atoms with van der Waals surface area (Å²) in [5, 5.41) is 7.48. The fourth-order valence-corrected chi connectivity index (χ4v) is 4.56. The minimum Gasteiger partial charge on any atom is -0.457 e. The third-order valence-corrected chi connectivity index (χ3v) is 7.04. The number of likely N-dealkylation sites (N-methyl/N-ethyl adjacent to an activating group) is 1. The summed E-state index contributed by atoms with van der Waals surface area (Å²) in [7, 11) is 4.00. The van der Waals surface area contributed by atoms with E-state index in [1.165, 1.54) is 12.7 Å². The molecule has 1 atom stereocenters. The first-order chi connectivity index (χ1) is 19.4. The van der Waals surface area contributed by atoms with Gasteiger partial charge in [-0.15, -0.1) is 0 Å². The molecule has 6 rings (SSSR count). The van der Waals surface area contributed by atoms with E-state index in [0.717, 1.165) is 22.6 Å². The van der Waals surface area contributed by atoms with E-state index in [9.17, 15) is 4.79 Å². The number of anilines is 3. The summed E-state index contributed by atoms with van der Waals surface area (Å²) in [6, 6.07) is 13.4. The van der Waals surface area contributed by atoms with E-state index in [1.54, 1.807) is 9.42 Å². The lowest BCUT2D eigenvalue weighted by Crippen LogP contribution is -2.27. The van der Waals surface area contributed by atoms with Crippen LogP contribution in [0.15, 0.2) is 73.0 Å². The Morgan fingerprint density at radius 3 is 2.77 bits per heavy atom. The fraction of sp³-hybridized carbons (Fsp3) is 0.241. The van der Waals surface area contributed by atoms with E-state index in [2.05, 4.69) is 37.2 Å². The predicted octanol–water partition coefficient (Wildman–Crippen LogP) is 4.53. The SMILES string of the molecule is Cc1cc(Nc2ncnc3ccc(N4CC/C(=C\[C@@H](C)N(C)C)C4=O)nc23)ccc1Oc1ccn2ncnc2c1. The average Bonchev–Trinajstić information content (AvgIpc) is 3.56. The largest absolute Gasteiger partial charge is 0.457 e. The van der Waals surface area contributed by atoms with Crippen LogP contribution in [0.2, 0.25) is 0 Å². The van der Waals surface area contributed by atoms with Crippen molar-refractivity contribution in [3.05, 3.63) is 78.5 Å². The molecule has 0 aliphatic carbocycles. The number of ether oxygens (including phenoxy) is 1. The van der Waals surface area contributed by atoms with Crippen molar-refractivity contribution in [2.75, 3.05) is 30.9 Å². The molecule has 11 heteroatoms. The second kappa shape index (κ2) is 10.3. The van der Waals surface area contributed by atoms with Crippen molar-refractivity contribution in [3.8, 4) is 11.5 Å². The van der Waals surface area contributed by atoms with Crippen LogP contribution in [0, 0.1) is 6.92 Å². The molecule has 40 heavy (non-hydrogen) atoms. The quantitative estimate of drug-likeness (QED) is 0.300. The van der Waals surface area contributed by atoms with E-state index < -0.39 is 0 Å². The maximum Gasteiger partial charge on any atom is 0.255 e. The van der Waals surface area contributed by atoms with Gasteiger partial charge in [-0.1, -0.05) is 6.08 Å². The van der Waals surface area contributed by atoms with E-state index >= 15 is 0 Å². The molecule has 5 aromatic rings. The lowest BCUT2D eigenvalue weighted by molar-refractivity contribution is -0.114. The molecule has 4 aromatic heterocycles. The predicted molar refractivity (Wildman–Crippen MR) is 153 cm³/mol. The monoisotopic (exact) mass is 535 g/mol. The van der Waals surface area contributed by atoms with Gasteiger partial charge in [-0.3, -0.25) is 9.69 Å². The van der Waals surface area contributed by atoms with Crippen molar-refractivity contribution >= 4 is 39.9 Å². The Hall–Kier alpha value is -4.90. The molecule has 1 N–H and O–H groups in total. The molecule has 11 nitrogen and oxygen atoms in total. The molecule has 1 aromatic carbocycles. The number of amides is 1. The zero-order chi connectivity index (χ0) is 27.8. The number of rotatable bonds is 7. The van der Waals surface area contributed by atoms with Gasteiger partial charge in [0, 0.05) is 36.1 Å². The van der Waals surface area contributed by atoms with Gasteiger partial charge >= 0.3 is 0 Å². The van der Waals surface area contributed by atoms with Crippen molar-refractivity contribution in [1.29, 1.82) is 0 Å². The molecule has 1 fully saturated rings. The van der Waals surface area contributed by atoms with Crippen LogP contribution in [0.4, 0.5) is 17.3 Å². The van der Waals surface area contributed by atoms with Gasteiger partial charge in [0.1, 0.15) is 35.5 Å². The molecule has 1 amide bonds. The van der Waals surface area contributed by atoms with Crippen LogP contribution in [0.3, 0.4) is 0 Å². The number of aryl methyl sites for hydroxylation is 1. The molecule has 0 spiro atoms. The molecular weight excluding hydrogens is 506 g/mol. The summed E-state index contributed by atoms with van der Waals surface area (Å²) in [4.78, 5) is 34.8. The number of benzene rings is 1. The fourth-order valence-electron chi connectivity index (χ4n) is 4.56. The molecule has 1 aliphatic rings. The Kier molecular flexibility index (Phi) is 6.56. The summed E-state index contributed by atoms with van der Waals surface area (Å²) in [5.74, 6) is 2.53. The number of fused-ring (bicyclic) bond motifs is 2. The summed E-state index contributed by atoms with van der Waals surface area (Å²) in [5.41, 5.74) is 4.56. The first-order valence-corrected chi connectivity index (χ1v) is 13.0. The Morgan fingerprint density at radius 1 is 1.07 bits per heavy atom. The van der Waals surface area contributed by atoms with Crippen LogP contribution >= 0.6 is 0 Å². The summed E-state index contributed by atoms with van der Waals surface area (Å²) in [6.45, 7) is 4.64. The van der Waals surface area contributed by atoms with E-state index in [4.69, 9.17) is 9.72 Å². The van der Waals surface area contributed by atoms with Crippen molar-refractivity contribution in [2.45, 2.75) is 26.3 Å². The first kappa shape index (κ1) is 25.4. The highest BCUT2D eigenvalue weighted by Gasteiger charge is 2.29. The van der Waals surface area contributed by atoms with Gasteiger partial charge < -0.3 is 15.0 Å². The topological polar surface area (TPSA) is 114 Å². The van der Waals surface area contributed by atoms with E-state index in [1.807, 2.05) is 75.8 Å². The zero-order valence-electron chi connectivity index (χ0n) is 22.7. The summed E-state index contributed by atoms with van der Waals surface area (Å²) >= 11 is 0. The number of carbonyl (C=O) groups is 1. The number of nitrogens with one attached hydrogen (secondary N) is 1. The highest BCUT2D eigenvalue weighted by Crippen LogP contribution is 2.31. The molecular formula is C29H29N9O2. The molecule has 202 valence electrons. The van der Waals surface area contributed by atoms with E-state index in [0.29, 0.717) is 47.0 Å². The van der Waals surface area contributed by atoms with Crippen LogP contribution in [-0.2, 0) is 4.79 Å². The standard InChI is InChI=1S/C29H29N9O2/c1-18-13-21(5-7-24(18)40-22-10-12-38-26(15-22)31-17-33-38)34-28-27-23(30-16-32-28)6-8-25(35-27)37-11-9-20(29(37)39)14-19(2)36(3)4/h5-8,10,12-17,19H,9,11H2,1-4H3,(H,30,32,34)/b20-14+/t19-/m1/s1. The Morgan fingerprint density at radius 2 is 1.95 bits per heavy atom. The second-order valence-corrected chi connectivity index (χ2v) is 9.99. The van der Waals surface area contributed by atoms with Crippen LogP contribution in [0.25, 0.3) is 16.7 Å². The van der Waals surface area contributed by atoms with Gasteiger partial charge in [-0.05, 0) is 76.3 Å². The van der Waals surface area contributed by atoms with Gasteiger partial charge in [0.15, 0.2) is 11.5 Å². The van der Waals surface area contributed by atoms with Gasteiger partial charge in [0.25, 0.3) is 5.91 Å². The van der Waals surface area contributed by atoms with Gasteiger partial charge in [0.05, 0.1) is 5.52 Å². The van der Waals surface area contributed by atoms with Crippen LogP contribution in [0.5, 0.6) is 11.5 Å². The highest BCUT2D eigenvalue weighted by atomic mass is 16.5. The smallest absolute Gasteiger partial charge is 0.255 e. The van der Waals surface area contributed by atoms with E-state index in [-0.39, 0.29) is 11.9 Å². The minimum atomic E-state index is -0.0127. The van der Waals surface area contributed by atoms with Gasteiger partial charge in [0.2, 0.25) is 0 Å². The number of aromatic nitrogens is 6. The van der Waals surface area contributed by atoms with Crippen LogP contribution < -0.4 is 15.0 Å². The van der Waals surface area contributed by atoms with Crippen LogP contribution in [-0.4, -0.2) is 67.0 Å². The van der Waals surface area contributed by atoms with Crippen molar-refractivity contribution in [1.82, 2.24) is 34.4 Å². The maximum atomic E-state index is 13.2. The van der Waals surface area contributed by atoms with Crippen molar-refractivity contribution in [2.24, 2.45) is 0 Å². The molecule has 0 unspecified atom stereocenters. The Bertz CT molecular complexity index is 1760. The Labute approximate surface area is 231 Å².